The molecular weight excluding hydrogens is 487 g/mol. The Labute approximate surface area is 204 Å². The lowest BCUT2D eigenvalue weighted by molar-refractivity contribution is -0.130. The maximum absolute atomic E-state index is 14.9. The summed E-state index contributed by atoms with van der Waals surface area (Å²) in [5.74, 6) is -2.54. The third kappa shape index (κ3) is 4.51. The smallest absolute Gasteiger partial charge is 0.396 e. The Morgan fingerprint density at radius 3 is 2.28 bits per heavy atom. The number of hydrogen-bond acceptors (Lipinski definition) is 6. The number of nitrogens with zero attached hydrogens (tertiary/aromatic N) is 3. The summed E-state index contributed by atoms with van der Waals surface area (Å²) in [7, 11) is 1.54. The summed E-state index contributed by atoms with van der Waals surface area (Å²) in [6.07, 6.45) is -3.41. The summed E-state index contributed by atoms with van der Waals surface area (Å²) in [4.78, 5) is 20.1. The van der Waals surface area contributed by atoms with Crippen LogP contribution in [-0.2, 0) is 11.2 Å². The highest BCUT2D eigenvalue weighted by Crippen LogP contribution is 2.43. The van der Waals surface area contributed by atoms with E-state index in [1.54, 1.807) is 16.9 Å². The van der Waals surface area contributed by atoms with E-state index in [4.69, 9.17) is 9.15 Å². The fraction of sp³-hybridized carbons (Fsp3) is 0.583. The molecule has 1 N–H and O–H groups in total. The van der Waals surface area contributed by atoms with Crippen LogP contribution in [0.2, 0.25) is 0 Å². The molecule has 1 aliphatic carbocycles. The van der Waals surface area contributed by atoms with Crippen LogP contribution in [0.25, 0.3) is 0 Å². The van der Waals surface area contributed by atoms with E-state index in [0.29, 0.717) is 44.4 Å². The van der Waals surface area contributed by atoms with Crippen molar-refractivity contribution in [3.63, 3.8) is 0 Å². The van der Waals surface area contributed by atoms with Crippen LogP contribution in [-0.4, -0.2) is 56.0 Å². The van der Waals surface area contributed by atoms with Crippen LogP contribution in [0.4, 0.5) is 39.3 Å². The summed E-state index contributed by atoms with van der Waals surface area (Å²) >= 11 is 0. The molecule has 5 rings (SSSR count). The second-order valence-corrected chi connectivity index (χ2v) is 9.90. The number of carbonyl (C=O) groups excluding carboxylic acids is 1. The molecule has 3 fully saturated rings. The van der Waals surface area contributed by atoms with Crippen molar-refractivity contribution < 1.29 is 35.9 Å². The lowest BCUT2D eigenvalue weighted by Crippen LogP contribution is -2.62. The average molecular weight is 514 g/mol. The summed E-state index contributed by atoms with van der Waals surface area (Å²) in [5, 5.41) is 2.27. The number of anilines is 3. The van der Waals surface area contributed by atoms with E-state index >= 15 is 0 Å². The second-order valence-electron chi connectivity index (χ2n) is 9.90. The first kappa shape index (κ1) is 24.8. The molecule has 196 valence electrons. The predicted molar refractivity (Wildman–Crippen MR) is 121 cm³/mol. The number of carbonyl (C=O) groups is 1. The Kier molecular flexibility index (Phi) is 6.12. The SMILES string of the molecule is CCC1(OC)CN(c2nc(C(=O)Nc3cc(F)c(N4CC5CCC5C4)c(F)c3)c(CC(F)(F)F)o2)C1. The maximum atomic E-state index is 14.9. The van der Waals surface area contributed by atoms with Gasteiger partial charge in [-0.05, 0) is 43.2 Å². The first-order valence-electron chi connectivity index (χ1n) is 11.9. The molecule has 1 aromatic heterocycles. The van der Waals surface area contributed by atoms with E-state index in [0.717, 1.165) is 25.0 Å². The van der Waals surface area contributed by atoms with E-state index in [2.05, 4.69) is 10.3 Å². The van der Waals surface area contributed by atoms with Crippen molar-refractivity contribution in [1.82, 2.24) is 4.98 Å². The Bertz CT molecular complexity index is 1120. The van der Waals surface area contributed by atoms with Crippen molar-refractivity contribution in [3.8, 4) is 0 Å². The van der Waals surface area contributed by atoms with E-state index in [1.165, 1.54) is 0 Å². The zero-order valence-corrected chi connectivity index (χ0v) is 19.9. The third-order valence-electron chi connectivity index (χ3n) is 7.64. The number of alkyl halides is 3. The Balaban J connectivity index is 1.35. The largest absolute Gasteiger partial charge is 0.427 e. The minimum Gasteiger partial charge on any atom is -0.427 e. The molecule has 0 bridgehead atoms. The fourth-order valence-corrected chi connectivity index (χ4v) is 5.31. The number of rotatable bonds is 7. The number of benzene rings is 1. The highest BCUT2D eigenvalue weighted by Gasteiger charge is 2.45. The normalized spacial score (nSPS) is 22.8. The molecule has 1 aromatic carbocycles. The number of hydrogen-bond donors (Lipinski definition) is 1. The lowest BCUT2D eigenvalue weighted by atomic mass is 9.77. The van der Waals surface area contributed by atoms with E-state index in [-0.39, 0.29) is 17.4 Å². The second kappa shape index (κ2) is 8.89. The van der Waals surface area contributed by atoms with Crippen molar-refractivity contribution in [3.05, 3.63) is 35.2 Å². The Morgan fingerprint density at radius 2 is 1.78 bits per heavy atom. The Morgan fingerprint density at radius 1 is 1.17 bits per heavy atom. The first-order valence-corrected chi connectivity index (χ1v) is 11.9. The topological polar surface area (TPSA) is 70.8 Å². The first-order chi connectivity index (χ1) is 17.0. The number of fused-ring (bicyclic) bond motifs is 1. The highest BCUT2D eigenvalue weighted by molar-refractivity contribution is 6.04. The van der Waals surface area contributed by atoms with Crippen LogP contribution in [0.15, 0.2) is 16.5 Å². The van der Waals surface area contributed by atoms with Crippen molar-refractivity contribution in [2.75, 3.05) is 48.4 Å². The summed E-state index contributed by atoms with van der Waals surface area (Å²) in [6.45, 7) is 3.74. The number of oxazole rings is 1. The van der Waals surface area contributed by atoms with Crippen LogP contribution in [0.3, 0.4) is 0 Å². The van der Waals surface area contributed by atoms with E-state index in [9.17, 15) is 26.7 Å². The fourth-order valence-electron chi connectivity index (χ4n) is 5.31. The van der Waals surface area contributed by atoms with Gasteiger partial charge >= 0.3 is 6.18 Å². The van der Waals surface area contributed by atoms with Crippen LogP contribution in [0.1, 0.15) is 42.4 Å². The zero-order chi connectivity index (χ0) is 25.8. The monoisotopic (exact) mass is 514 g/mol. The van der Waals surface area contributed by atoms with Crippen LogP contribution < -0.4 is 15.1 Å². The quantitative estimate of drug-likeness (QED) is 0.537. The van der Waals surface area contributed by atoms with Crippen molar-refractivity contribution in [2.45, 2.75) is 44.4 Å². The van der Waals surface area contributed by atoms with Crippen molar-refractivity contribution in [2.24, 2.45) is 11.8 Å². The van der Waals surface area contributed by atoms with Gasteiger partial charge in [-0.2, -0.15) is 18.2 Å². The van der Waals surface area contributed by atoms with Gasteiger partial charge in [0.05, 0.1) is 13.1 Å². The number of halogens is 5. The summed E-state index contributed by atoms with van der Waals surface area (Å²) in [5.41, 5.74) is -1.43. The van der Waals surface area contributed by atoms with Gasteiger partial charge in [-0.15, -0.1) is 0 Å². The molecule has 1 amide bonds. The molecule has 0 spiro atoms. The van der Waals surface area contributed by atoms with Gasteiger partial charge in [0.25, 0.3) is 11.9 Å². The van der Waals surface area contributed by atoms with Gasteiger partial charge in [0.15, 0.2) is 17.3 Å². The molecule has 2 unspecified atom stereocenters. The van der Waals surface area contributed by atoms with Gasteiger partial charge < -0.3 is 24.3 Å². The number of aromatic nitrogens is 1. The number of nitrogens with one attached hydrogen (secondary N) is 1. The molecule has 0 radical (unpaired) electrons. The molecule has 36 heavy (non-hydrogen) atoms. The highest BCUT2D eigenvalue weighted by atomic mass is 19.4. The van der Waals surface area contributed by atoms with Crippen LogP contribution in [0.5, 0.6) is 0 Å². The molecular formula is C24H27F5N4O3. The average Bonchev–Trinajstić information content (AvgIpc) is 3.27. The molecule has 1 saturated carbocycles. The molecule has 12 heteroatoms. The molecule has 3 heterocycles. The lowest BCUT2D eigenvalue weighted by Gasteiger charge is -2.47. The van der Waals surface area contributed by atoms with Crippen molar-refractivity contribution in [1.29, 1.82) is 0 Å². The number of methoxy groups -OCH3 is 1. The summed E-state index contributed by atoms with van der Waals surface area (Å²) < 4.78 is 80.0. The Hall–Kier alpha value is -2.89. The van der Waals surface area contributed by atoms with Crippen LogP contribution in [0, 0.1) is 23.5 Å². The molecule has 3 aliphatic rings. The van der Waals surface area contributed by atoms with Gasteiger partial charge in [0, 0.05) is 25.9 Å². The standard InChI is InChI=1S/C24H27F5N4O3/c1-3-23(35-2)11-33(12-23)22-31-19(18(36-22)8-24(27,28)29)21(34)30-15-6-16(25)20(17(26)7-15)32-9-13-4-5-14(13)10-32/h6-7,13-14H,3-5,8-12H2,1-2H3,(H,30,34). The van der Waals surface area contributed by atoms with Gasteiger partial charge in [0.2, 0.25) is 0 Å². The maximum Gasteiger partial charge on any atom is 0.396 e. The third-order valence-corrected chi connectivity index (χ3v) is 7.64. The molecule has 2 atom stereocenters. The van der Waals surface area contributed by atoms with Gasteiger partial charge in [-0.1, -0.05) is 6.92 Å². The van der Waals surface area contributed by atoms with Gasteiger partial charge in [-0.25, -0.2) is 8.78 Å². The minimum atomic E-state index is -4.66. The molecule has 7 nitrogen and oxygen atoms in total. The zero-order valence-electron chi connectivity index (χ0n) is 19.9. The molecule has 2 saturated heterocycles. The van der Waals surface area contributed by atoms with Gasteiger partial charge in [0.1, 0.15) is 23.5 Å². The minimum absolute atomic E-state index is 0.142. The van der Waals surface area contributed by atoms with E-state index in [1.807, 2.05) is 6.92 Å². The molecule has 2 aliphatic heterocycles. The summed E-state index contributed by atoms with van der Waals surface area (Å²) in [6, 6.07) is 1.78. The number of amides is 1. The molecule has 2 aromatic rings. The van der Waals surface area contributed by atoms with Crippen molar-refractivity contribution >= 4 is 23.3 Å². The van der Waals surface area contributed by atoms with E-state index < -0.39 is 47.2 Å². The van der Waals surface area contributed by atoms with Gasteiger partial charge in [-0.3, -0.25) is 4.79 Å². The predicted octanol–water partition coefficient (Wildman–Crippen LogP) is 4.77. The van der Waals surface area contributed by atoms with Crippen LogP contribution >= 0.6 is 0 Å². The number of ether oxygens (including phenoxy) is 1.